The van der Waals surface area contributed by atoms with E-state index in [0.29, 0.717) is 6.42 Å². The molecule has 0 fully saturated rings. The second-order valence-corrected chi connectivity index (χ2v) is 2.62. The minimum atomic E-state index is -0.174. The smallest absolute Gasteiger partial charge is 0.0585 e. The minimum Gasteiger partial charge on any atom is -0.395 e. The fourth-order valence-electron chi connectivity index (χ4n) is 0.924. The van der Waals surface area contributed by atoms with Gasteiger partial charge in [0.05, 0.1) is 6.61 Å². The van der Waals surface area contributed by atoms with Crippen molar-refractivity contribution in [3.8, 4) is 0 Å². The largest absolute Gasteiger partial charge is 0.395 e. The Bertz CT molecular complexity index is 182. The molecule has 1 atom stereocenters. The fraction of sp³-hybridized carbons (Fsp3) is 0.400. The van der Waals surface area contributed by atoms with Gasteiger partial charge in [0.25, 0.3) is 0 Å². The molecule has 0 saturated heterocycles. The van der Waals surface area contributed by atoms with Crippen LogP contribution in [0, 0.1) is 0 Å². The van der Waals surface area contributed by atoms with Crippen molar-refractivity contribution in [1.82, 2.24) is 0 Å². The average Bonchev–Trinajstić information content (AvgIpc) is 2.05. The first kappa shape index (κ1) is 11.1. The van der Waals surface area contributed by atoms with Gasteiger partial charge in [-0.2, -0.15) is 0 Å². The first-order valence-electron chi connectivity index (χ1n) is 4.05. The van der Waals surface area contributed by atoms with E-state index in [-0.39, 0.29) is 12.6 Å². The maximum Gasteiger partial charge on any atom is 0.0585 e. The van der Waals surface area contributed by atoms with Crippen molar-refractivity contribution in [3.63, 3.8) is 0 Å². The summed E-state index contributed by atoms with van der Waals surface area (Å²) >= 11 is 0. The van der Waals surface area contributed by atoms with Crippen LogP contribution in [-0.4, -0.2) is 17.8 Å². The molecular formula is C10H17NO. The van der Waals surface area contributed by atoms with Crippen LogP contribution < -0.4 is 5.73 Å². The molecule has 0 aromatic heterocycles. The Morgan fingerprint density at radius 2 is 2.33 bits per heavy atom. The summed E-state index contributed by atoms with van der Waals surface area (Å²) in [6.45, 7) is 5.57. The molecule has 2 nitrogen and oxygen atoms in total. The van der Waals surface area contributed by atoms with Gasteiger partial charge in [-0.1, -0.05) is 30.9 Å². The van der Waals surface area contributed by atoms with E-state index in [1.807, 2.05) is 25.2 Å². The Hall–Kier alpha value is -0.860. The summed E-state index contributed by atoms with van der Waals surface area (Å²) in [7, 11) is 0. The lowest BCUT2D eigenvalue weighted by Gasteiger charge is -2.07. The van der Waals surface area contributed by atoms with Crippen molar-refractivity contribution in [2.24, 2.45) is 5.73 Å². The van der Waals surface area contributed by atoms with Crippen LogP contribution in [0.3, 0.4) is 0 Å². The van der Waals surface area contributed by atoms with E-state index in [1.165, 1.54) is 0 Å². The van der Waals surface area contributed by atoms with Crippen LogP contribution >= 0.6 is 0 Å². The van der Waals surface area contributed by atoms with E-state index in [9.17, 15) is 0 Å². The maximum atomic E-state index is 8.72. The van der Waals surface area contributed by atoms with Crippen molar-refractivity contribution >= 4 is 0 Å². The summed E-state index contributed by atoms with van der Waals surface area (Å²) in [5.41, 5.74) is 6.67. The number of hydrogen-bond acceptors (Lipinski definition) is 2. The highest BCUT2D eigenvalue weighted by molar-refractivity contribution is 5.23. The van der Waals surface area contributed by atoms with Crippen LogP contribution in [0.2, 0.25) is 0 Å². The normalized spacial score (nSPS) is 15.1. The molecular weight excluding hydrogens is 150 g/mol. The van der Waals surface area contributed by atoms with Crippen molar-refractivity contribution in [2.75, 3.05) is 6.61 Å². The fourth-order valence-corrected chi connectivity index (χ4v) is 0.924. The van der Waals surface area contributed by atoms with Gasteiger partial charge in [0, 0.05) is 6.04 Å². The molecule has 0 aromatic carbocycles. The third-order valence-corrected chi connectivity index (χ3v) is 1.45. The molecule has 0 heterocycles. The summed E-state index contributed by atoms with van der Waals surface area (Å²) in [6, 6.07) is -0.174. The molecule has 0 bridgehead atoms. The van der Waals surface area contributed by atoms with Gasteiger partial charge in [-0.25, -0.2) is 0 Å². The zero-order chi connectivity index (χ0) is 9.40. The summed E-state index contributed by atoms with van der Waals surface area (Å²) < 4.78 is 0. The van der Waals surface area contributed by atoms with Crippen LogP contribution in [0.25, 0.3) is 0 Å². The standard InChI is InChI=1S/C10H17NO/c1-3-5-9(6-4-2)7-10(11)8-12/h3-6,10,12H,1,7-8,11H2,2H3/b6-4-,9-5+. The van der Waals surface area contributed by atoms with Crippen molar-refractivity contribution in [1.29, 1.82) is 0 Å². The van der Waals surface area contributed by atoms with Crippen LogP contribution in [0.1, 0.15) is 13.3 Å². The Morgan fingerprint density at radius 3 is 2.75 bits per heavy atom. The van der Waals surface area contributed by atoms with Gasteiger partial charge in [-0.3, -0.25) is 0 Å². The molecule has 0 rings (SSSR count). The molecule has 0 amide bonds. The predicted octanol–water partition coefficient (Wildman–Crippen LogP) is 1.38. The van der Waals surface area contributed by atoms with Crippen molar-refractivity contribution in [3.05, 3.63) is 36.5 Å². The summed E-state index contributed by atoms with van der Waals surface area (Å²) in [5, 5.41) is 8.72. The molecule has 0 aliphatic carbocycles. The van der Waals surface area contributed by atoms with Gasteiger partial charge >= 0.3 is 0 Å². The lowest BCUT2D eigenvalue weighted by molar-refractivity contribution is 0.265. The molecule has 2 heteroatoms. The Morgan fingerprint density at radius 1 is 1.67 bits per heavy atom. The Kier molecular flexibility index (Phi) is 6.34. The van der Waals surface area contributed by atoms with Gasteiger partial charge in [0.15, 0.2) is 0 Å². The van der Waals surface area contributed by atoms with Gasteiger partial charge in [0.2, 0.25) is 0 Å². The lowest BCUT2D eigenvalue weighted by Crippen LogP contribution is -2.24. The number of hydrogen-bond donors (Lipinski definition) is 2. The SMILES string of the molecule is C=C/C=C(\C=C/C)CC(N)CO. The van der Waals surface area contributed by atoms with E-state index < -0.39 is 0 Å². The Labute approximate surface area is 74.1 Å². The van der Waals surface area contributed by atoms with E-state index in [1.54, 1.807) is 6.08 Å². The zero-order valence-corrected chi connectivity index (χ0v) is 7.53. The molecule has 3 N–H and O–H groups in total. The van der Waals surface area contributed by atoms with Crippen LogP contribution in [0.15, 0.2) is 36.5 Å². The van der Waals surface area contributed by atoms with E-state index >= 15 is 0 Å². The number of aliphatic hydroxyl groups excluding tert-OH is 1. The van der Waals surface area contributed by atoms with Crippen LogP contribution in [0.4, 0.5) is 0 Å². The highest BCUT2D eigenvalue weighted by Gasteiger charge is 2.00. The molecule has 68 valence electrons. The van der Waals surface area contributed by atoms with E-state index in [2.05, 4.69) is 6.58 Å². The molecule has 0 aromatic rings. The van der Waals surface area contributed by atoms with Crippen LogP contribution in [0.5, 0.6) is 0 Å². The van der Waals surface area contributed by atoms with Gasteiger partial charge in [0.1, 0.15) is 0 Å². The quantitative estimate of drug-likeness (QED) is 0.608. The van der Waals surface area contributed by atoms with Gasteiger partial charge < -0.3 is 10.8 Å². The second kappa shape index (κ2) is 6.83. The highest BCUT2D eigenvalue weighted by atomic mass is 16.3. The molecule has 0 radical (unpaired) electrons. The molecule has 0 spiro atoms. The van der Waals surface area contributed by atoms with Gasteiger partial charge in [-0.15, -0.1) is 0 Å². The Balaban J connectivity index is 4.13. The maximum absolute atomic E-state index is 8.72. The van der Waals surface area contributed by atoms with Crippen molar-refractivity contribution in [2.45, 2.75) is 19.4 Å². The number of allylic oxidation sites excluding steroid dienone is 4. The summed E-state index contributed by atoms with van der Waals surface area (Å²) in [5.74, 6) is 0. The second-order valence-electron chi connectivity index (χ2n) is 2.62. The monoisotopic (exact) mass is 167 g/mol. The molecule has 12 heavy (non-hydrogen) atoms. The summed E-state index contributed by atoms with van der Waals surface area (Å²) in [6.07, 6.45) is 8.22. The van der Waals surface area contributed by atoms with Crippen LogP contribution in [-0.2, 0) is 0 Å². The van der Waals surface area contributed by atoms with Crippen molar-refractivity contribution < 1.29 is 5.11 Å². The van der Waals surface area contributed by atoms with Gasteiger partial charge in [-0.05, 0) is 18.9 Å². The topological polar surface area (TPSA) is 46.2 Å². The highest BCUT2D eigenvalue weighted by Crippen LogP contribution is 2.05. The lowest BCUT2D eigenvalue weighted by atomic mass is 10.1. The third kappa shape index (κ3) is 4.88. The molecule has 0 saturated carbocycles. The predicted molar refractivity (Wildman–Crippen MR) is 52.8 cm³/mol. The van der Waals surface area contributed by atoms with E-state index in [4.69, 9.17) is 10.8 Å². The van der Waals surface area contributed by atoms with E-state index in [0.717, 1.165) is 5.57 Å². The summed E-state index contributed by atoms with van der Waals surface area (Å²) in [4.78, 5) is 0. The zero-order valence-electron chi connectivity index (χ0n) is 7.53. The first-order valence-corrected chi connectivity index (χ1v) is 4.05. The average molecular weight is 167 g/mol. The number of aliphatic hydroxyl groups is 1. The third-order valence-electron chi connectivity index (χ3n) is 1.45. The molecule has 0 aliphatic rings. The molecule has 0 aliphatic heterocycles. The first-order chi connectivity index (χ1) is 5.74. The minimum absolute atomic E-state index is 0.0199. The number of nitrogens with two attached hydrogens (primary N) is 1. The number of rotatable bonds is 5. The molecule has 1 unspecified atom stereocenters.